The number of anilines is 1. The predicted octanol–water partition coefficient (Wildman–Crippen LogP) is 5.37. The third-order valence-electron chi connectivity index (χ3n) is 5.82. The van der Waals surface area contributed by atoms with E-state index in [1.165, 1.54) is 17.0 Å². The molecule has 4 aromatic rings. The van der Waals surface area contributed by atoms with Crippen LogP contribution in [-0.4, -0.2) is 10.9 Å². The molecule has 3 heterocycles. The van der Waals surface area contributed by atoms with Crippen molar-refractivity contribution in [1.29, 1.82) is 0 Å². The van der Waals surface area contributed by atoms with E-state index in [-0.39, 0.29) is 27.7 Å². The van der Waals surface area contributed by atoms with Crippen molar-refractivity contribution < 1.29 is 13.6 Å². The van der Waals surface area contributed by atoms with Gasteiger partial charge in [0.2, 0.25) is 5.76 Å². The molecule has 2 aromatic heterocycles. The van der Waals surface area contributed by atoms with Crippen LogP contribution in [0.15, 0.2) is 76.1 Å². The molecule has 5 nitrogen and oxygen atoms in total. The van der Waals surface area contributed by atoms with Crippen molar-refractivity contribution in [3.63, 3.8) is 0 Å². The number of amides is 1. The predicted molar refractivity (Wildman–Crippen MR) is 120 cm³/mol. The van der Waals surface area contributed by atoms with Crippen molar-refractivity contribution >= 4 is 22.7 Å². The molecule has 0 saturated carbocycles. The Balaban J connectivity index is 1.77. The summed E-state index contributed by atoms with van der Waals surface area (Å²) >= 11 is 0. The summed E-state index contributed by atoms with van der Waals surface area (Å²) in [6, 6.07) is 16.1. The zero-order valence-corrected chi connectivity index (χ0v) is 17.9. The molecule has 1 aliphatic rings. The van der Waals surface area contributed by atoms with E-state index >= 15 is 0 Å². The number of carbonyl (C=O) groups is 1. The summed E-state index contributed by atoms with van der Waals surface area (Å²) in [6.45, 7) is 6.35. The number of benzene rings is 2. The van der Waals surface area contributed by atoms with E-state index < -0.39 is 23.2 Å². The third-order valence-corrected chi connectivity index (χ3v) is 5.82. The van der Waals surface area contributed by atoms with E-state index in [1.54, 1.807) is 24.4 Å². The second-order valence-corrected chi connectivity index (χ2v) is 8.95. The van der Waals surface area contributed by atoms with E-state index in [9.17, 15) is 14.0 Å². The summed E-state index contributed by atoms with van der Waals surface area (Å²) in [4.78, 5) is 32.7. The summed E-state index contributed by atoms with van der Waals surface area (Å²) < 4.78 is 19.7. The van der Waals surface area contributed by atoms with Crippen LogP contribution in [-0.2, 0) is 5.41 Å². The maximum atomic E-state index is 13.9. The molecule has 1 atom stereocenters. The smallest absolute Gasteiger partial charge is 0.296 e. The number of hydrogen-bond donors (Lipinski definition) is 0. The molecule has 0 saturated heterocycles. The zero-order valence-electron chi connectivity index (χ0n) is 17.9. The number of carbonyl (C=O) groups excluding carboxylic acids is 1. The molecule has 0 bridgehead atoms. The Morgan fingerprint density at radius 3 is 2.41 bits per heavy atom. The lowest BCUT2D eigenvalue weighted by atomic mass is 9.86. The highest BCUT2D eigenvalue weighted by atomic mass is 19.1. The zero-order chi connectivity index (χ0) is 22.6. The van der Waals surface area contributed by atoms with Crippen molar-refractivity contribution in [3.8, 4) is 0 Å². The summed E-state index contributed by atoms with van der Waals surface area (Å²) in [6.07, 6.45) is 1.59. The minimum atomic E-state index is -0.731. The van der Waals surface area contributed by atoms with E-state index in [4.69, 9.17) is 4.42 Å². The monoisotopic (exact) mass is 428 g/mol. The molecule has 5 rings (SSSR count). The Kier molecular flexibility index (Phi) is 4.48. The van der Waals surface area contributed by atoms with Gasteiger partial charge >= 0.3 is 0 Å². The summed E-state index contributed by atoms with van der Waals surface area (Å²) in [5.41, 5.74) is 1.78. The Morgan fingerprint density at radius 1 is 1.00 bits per heavy atom. The first-order valence-corrected chi connectivity index (χ1v) is 10.4. The van der Waals surface area contributed by atoms with Gasteiger partial charge in [-0.05, 0) is 46.9 Å². The lowest BCUT2D eigenvalue weighted by Crippen LogP contribution is -2.30. The minimum Gasteiger partial charge on any atom is -0.450 e. The van der Waals surface area contributed by atoms with Gasteiger partial charge in [-0.2, -0.15) is 0 Å². The highest BCUT2D eigenvalue weighted by Gasteiger charge is 2.44. The van der Waals surface area contributed by atoms with E-state index in [0.717, 1.165) is 17.2 Å². The van der Waals surface area contributed by atoms with Gasteiger partial charge in [0, 0.05) is 6.20 Å². The van der Waals surface area contributed by atoms with Crippen LogP contribution in [0.4, 0.5) is 10.2 Å². The SMILES string of the molecule is CC(C)(C)c1ccc(C2c3c(oc4ccc(F)cc4c3=O)C(=O)N2c2ccccn2)cc1. The topological polar surface area (TPSA) is 63.4 Å². The van der Waals surface area contributed by atoms with Gasteiger partial charge in [0.25, 0.3) is 5.91 Å². The number of pyridine rings is 1. The van der Waals surface area contributed by atoms with Crippen molar-refractivity contribution in [2.45, 2.75) is 32.2 Å². The molecule has 2 aromatic carbocycles. The average Bonchev–Trinajstić information content (AvgIpc) is 3.07. The molecule has 0 fully saturated rings. The quantitative estimate of drug-likeness (QED) is 0.430. The van der Waals surface area contributed by atoms with E-state index in [2.05, 4.69) is 25.8 Å². The molecule has 6 heteroatoms. The van der Waals surface area contributed by atoms with Crippen molar-refractivity contribution in [2.75, 3.05) is 4.90 Å². The second kappa shape index (κ2) is 7.12. The summed E-state index contributed by atoms with van der Waals surface area (Å²) in [5, 5.41) is 0.107. The van der Waals surface area contributed by atoms with Gasteiger partial charge in [-0.15, -0.1) is 0 Å². The Morgan fingerprint density at radius 2 is 1.75 bits per heavy atom. The Hall–Kier alpha value is -3.80. The van der Waals surface area contributed by atoms with Gasteiger partial charge in [-0.3, -0.25) is 14.5 Å². The van der Waals surface area contributed by atoms with Gasteiger partial charge in [0.1, 0.15) is 17.2 Å². The second-order valence-electron chi connectivity index (χ2n) is 8.95. The number of rotatable bonds is 2. The number of nitrogens with zero attached hydrogens (tertiary/aromatic N) is 2. The molecular formula is C26H21FN2O3. The number of halogens is 1. The summed E-state index contributed by atoms with van der Waals surface area (Å²) in [5.74, 6) is -0.623. The fourth-order valence-corrected chi connectivity index (χ4v) is 4.16. The molecule has 1 amide bonds. The first-order valence-electron chi connectivity index (χ1n) is 10.4. The van der Waals surface area contributed by atoms with Crippen molar-refractivity contribution in [2.24, 2.45) is 0 Å². The molecular weight excluding hydrogens is 407 g/mol. The molecule has 0 N–H and O–H groups in total. The van der Waals surface area contributed by atoms with Crippen LogP contribution < -0.4 is 10.3 Å². The van der Waals surface area contributed by atoms with Crippen LogP contribution in [0.3, 0.4) is 0 Å². The fourth-order valence-electron chi connectivity index (χ4n) is 4.16. The van der Waals surface area contributed by atoms with Crippen LogP contribution >= 0.6 is 0 Å². The van der Waals surface area contributed by atoms with Gasteiger partial charge in [-0.25, -0.2) is 9.37 Å². The van der Waals surface area contributed by atoms with Crippen molar-refractivity contribution in [1.82, 2.24) is 4.98 Å². The lowest BCUT2D eigenvalue weighted by molar-refractivity contribution is 0.0970. The Bertz CT molecular complexity index is 1400. The number of fused-ring (bicyclic) bond motifs is 2. The Labute approximate surface area is 184 Å². The van der Waals surface area contributed by atoms with E-state index in [1.807, 2.05) is 24.3 Å². The van der Waals surface area contributed by atoms with Gasteiger partial charge in [0.05, 0.1) is 17.0 Å². The molecule has 1 unspecified atom stereocenters. The fraction of sp³-hybridized carbons (Fsp3) is 0.192. The van der Waals surface area contributed by atoms with Crippen LogP contribution in [0.2, 0.25) is 0 Å². The maximum Gasteiger partial charge on any atom is 0.296 e. The molecule has 0 radical (unpaired) electrons. The molecule has 32 heavy (non-hydrogen) atoms. The molecule has 0 aliphatic carbocycles. The summed E-state index contributed by atoms with van der Waals surface area (Å²) in [7, 11) is 0. The van der Waals surface area contributed by atoms with E-state index in [0.29, 0.717) is 5.82 Å². The van der Waals surface area contributed by atoms with Crippen LogP contribution in [0.5, 0.6) is 0 Å². The van der Waals surface area contributed by atoms with Crippen LogP contribution in [0.25, 0.3) is 11.0 Å². The normalized spacial score (nSPS) is 15.9. The first-order chi connectivity index (χ1) is 15.3. The standard InChI is InChI=1S/C26H21FN2O3/c1-26(2,3)16-9-7-15(8-10-16)22-21-23(30)18-14-17(27)11-12-19(18)32-24(21)25(31)29(22)20-6-4-5-13-28-20/h4-14,22H,1-3H3. The lowest BCUT2D eigenvalue weighted by Gasteiger charge is -2.25. The number of aromatic nitrogens is 1. The van der Waals surface area contributed by atoms with Crippen LogP contribution in [0.1, 0.15) is 54.1 Å². The van der Waals surface area contributed by atoms with Gasteiger partial charge in [-0.1, -0.05) is 51.1 Å². The van der Waals surface area contributed by atoms with Gasteiger partial charge < -0.3 is 4.42 Å². The number of hydrogen-bond acceptors (Lipinski definition) is 4. The third kappa shape index (κ3) is 3.11. The molecule has 160 valence electrons. The average molecular weight is 428 g/mol. The van der Waals surface area contributed by atoms with Crippen LogP contribution in [0, 0.1) is 5.82 Å². The van der Waals surface area contributed by atoms with Gasteiger partial charge in [0.15, 0.2) is 5.43 Å². The minimum absolute atomic E-state index is 0.0374. The highest BCUT2D eigenvalue weighted by molar-refractivity contribution is 6.10. The highest BCUT2D eigenvalue weighted by Crippen LogP contribution is 2.41. The maximum absolute atomic E-state index is 13.9. The largest absolute Gasteiger partial charge is 0.450 e. The molecule has 1 aliphatic heterocycles. The first kappa shape index (κ1) is 20.1. The van der Waals surface area contributed by atoms with Crippen molar-refractivity contribution in [3.05, 3.63) is 105 Å². The molecule has 0 spiro atoms.